The highest BCUT2D eigenvalue weighted by Crippen LogP contribution is 2.51. The molecule has 2 aromatic heterocycles. The van der Waals surface area contributed by atoms with Crippen LogP contribution in [0.15, 0.2) is 30.6 Å². The second-order valence-electron chi connectivity index (χ2n) is 8.58. The van der Waals surface area contributed by atoms with Gasteiger partial charge in [0.2, 0.25) is 5.28 Å². The lowest BCUT2D eigenvalue weighted by atomic mass is 9.96. The summed E-state index contributed by atoms with van der Waals surface area (Å²) in [6, 6.07) is 8.17. The van der Waals surface area contributed by atoms with Crippen LogP contribution in [0.4, 0.5) is 5.82 Å². The van der Waals surface area contributed by atoms with Crippen LogP contribution in [-0.2, 0) is 20.8 Å². The number of nitrogens with one attached hydrogen (secondary N) is 1. The minimum Gasteiger partial charge on any atom is -0.394 e. The van der Waals surface area contributed by atoms with Crippen molar-refractivity contribution in [1.29, 1.82) is 0 Å². The summed E-state index contributed by atoms with van der Waals surface area (Å²) >= 11 is 8.55. The number of ether oxygens (including phenoxy) is 3. The molecule has 4 heterocycles. The molecule has 0 aliphatic carbocycles. The summed E-state index contributed by atoms with van der Waals surface area (Å²) in [5.41, 5.74) is 1.33. The number of hydrogen-bond donors (Lipinski definition) is 2. The second-order valence-corrected chi connectivity index (χ2v) is 10.2. The molecule has 0 bridgehead atoms. The van der Waals surface area contributed by atoms with E-state index < -0.39 is 29.8 Å². The highest BCUT2D eigenvalue weighted by atomic mass is 127. The van der Waals surface area contributed by atoms with Gasteiger partial charge < -0.3 is 24.6 Å². The number of hydrogen-bond acceptors (Lipinski definition) is 8. The van der Waals surface area contributed by atoms with Crippen molar-refractivity contribution in [3.05, 3.63) is 45.0 Å². The first kappa shape index (κ1) is 22.2. The van der Waals surface area contributed by atoms with Gasteiger partial charge in [-0.3, -0.25) is 4.57 Å². The van der Waals surface area contributed by atoms with Crippen LogP contribution in [0.2, 0.25) is 5.28 Å². The maximum atomic E-state index is 9.87. The van der Waals surface area contributed by atoms with Crippen LogP contribution in [0.3, 0.4) is 0 Å². The van der Waals surface area contributed by atoms with Crippen LogP contribution >= 0.6 is 34.2 Å². The lowest BCUT2D eigenvalue weighted by molar-refractivity contribution is -0.217. The van der Waals surface area contributed by atoms with Gasteiger partial charge in [-0.05, 0) is 72.7 Å². The van der Waals surface area contributed by atoms with Gasteiger partial charge in [0, 0.05) is 10.1 Å². The molecule has 0 saturated carbocycles. The topological polar surface area (TPSA) is 104 Å². The van der Waals surface area contributed by atoms with Gasteiger partial charge in [0.15, 0.2) is 29.0 Å². The van der Waals surface area contributed by atoms with Crippen molar-refractivity contribution in [3.63, 3.8) is 0 Å². The van der Waals surface area contributed by atoms with Gasteiger partial charge in [0.1, 0.15) is 17.8 Å². The first-order valence-electron chi connectivity index (χ1n) is 10.2. The Hall–Kier alpha value is -1.57. The smallest absolute Gasteiger partial charge is 0.226 e. The largest absolute Gasteiger partial charge is 0.394 e. The molecule has 0 radical (unpaired) electrons. The van der Waals surface area contributed by atoms with Crippen molar-refractivity contribution in [1.82, 2.24) is 19.5 Å². The van der Waals surface area contributed by atoms with Gasteiger partial charge >= 0.3 is 0 Å². The maximum absolute atomic E-state index is 9.87. The van der Waals surface area contributed by atoms with Crippen LogP contribution < -0.4 is 5.32 Å². The third-order valence-electron chi connectivity index (χ3n) is 5.75. The number of benzene rings is 1. The summed E-state index contributed by atoms with van der Waals surface area (Å²) in [5.74, 6) is -0.280. The van der Waals surface area contributed by atoms with E-state index in [0.717, 1.165) is 9.13 Å². The van der Waals surface area contributed by atoms with E-state index >= 15 is 0 Å². The fourth-order valence-corrected chi connectivity index (χ4v) is 5.31. The molecular weight excluding hydrogens is 549 g/mol. The van der Waals surface area contributed by atoms with E-state index in [4.69, 9.17) is 25.8 Å². The molecule has 0 spiro atoms. The third-order valence-corrected chi connectivity index (χ3v) is 6.59. The molecule has 0 unspecified atom stereocenters. The molecule has 1 aromatic carbocycles. The van der Waals surface area contributed by atoms with E-state index in [9.17, 15) is 5.11 Å². The van der Waals surface area contributed by atoms with Crippen LogP contribution in [0.25, 0.3) is 11.2 Å². The number of anilines is 1. The Morgan fingerprint density at radius 2 is 2.09 bits per heavy atom. The summed E-state index contributed by atoms with van der Waals surface area (Å²) in [4.78, 5) is 13.3. The molecular formula is C21H23ClIN5O4. The maximum Gasteiger partial charge on any atom is 0.226 e. The van der Waals surface area contributed by atoms with Crippen molar-refractivity contribution in [3.8, 4) is 0 Å². The molecule has 2 fully saturated rings. The number of halogens is 2. The Kier molecular flexibility index (Phi) is 5.58. The van der Waals surface area contributed by atoms with Crippen molar-refractivity contribution in [2.45, 2.75) is 57.1 Å². The van der Waals surface area contributed by atoms with Crippen LogP contribution in [0.1, 0.15) is 32.6 Å². The molecule has 32 heavy (non-hydrogen) atoms. The zero-order valence-corrected chi connectivity index (χ0v) is 20.7. The number of nitrogens with zero attached hydrogens (tertiary/aromatic N) is 4. The number of imidazole rings is 1. The van der Waals surface area contributed by atoms with E-state index in [1.807, 2.05) is 39.0 Å². The zero-order valence-electron chi connectivity index (χ0n) is 17.7. The fraction of sp³-hybridized carbons (Fsp3) is 0.476. The second kappa shape index (κ2) is 8.03. The summed E-state index contributed by atoms with van der Waals surface area (Å²) in [6.45, 7) is 5.97. The molecule has 0 amide bonds. The third kappa shape index (κ3) is 3.76. The zero-order chi connectivity index (χ0) is 22.7. The van der Waals surface area contributed by atoms with Gasteiger partial charge in [-0.25, -0.2) is 4.98 Å². The molecule has 11 heteroatoms. The van der Waals surface area contributed by atoms with Gasteiger partial charge in [-0.2, -0.15) is 9.97 Å². The van der Waals surface area contributed by atoms with Crippen molar-refractivity contribution >= 4 is 51.2 Å². The first-order valence-corrected chi connectivity index (χ1v) is 11.7. The van der Waals surface area contributed by atoms with Crippen molar-refractivity contribution in [2.24, 2.45) is 0 Å². The fourth-order valence-electron chi connectivity index (χ4n) is 4.54. The number of aliphatic hydroxyl groups excluding tert-OH is 1. The van der Waals surface area contributed by atoms with E-state index in [1.165, 1.54) is 0 Å². The van der Waals surface area contributed by atoms with Gasteiger partial charge in [-0.1, -0.05) is 12.1 Å². The number of aromatic nitrogens is 4. The predicted molar refractivity (Wildman–Crippen MR) is 126 cm³/mol. The van der Waals surface area contributed by atoms with Crippen LogP contribution in [0.5, 0.6) is 0 Å². The number of rotatable bonds is 5. The lowest BCUT2D eigenvalue weighted by Crippen LogP contribution is -2.42. The van der Waals surface area contributed by atoms with Crippen molar-refractivity contribution < 1.29 is 19.3 Å². The predicted octanol–water partition coefficient (Wildman–Crippen LogP) is 3.50. The lowest BCUT2D eigenvalue weighted by Gasteiger charge is -2.30. The summed E-state index contributed by atoms with van der Waals surface area (Å²) in [5, 5.41) is 13.3. The standard InChI is InChI=1S/C21H23ClIN5O4/c1-20(2)31-15-13(9-29)30-18(21(15,3)32-20)28-10-25-14-16(26-19(22)27-17(14)28)24-8-11-5-4-6-12(23)7-11/h4-7,10,13,15,18,29H,8-9H2,1-3H3,(H,24,26,27)/t13-,15-,18-,21-/m1/s1. The molecule has 3 aromatic rings. The van der Waals surface area contributed by atoms with Gasteiger partial charge in [0.05, 0.1) is 12.9 Å². The van der Waals surface area contributed by atoms with E-state index in [0.29, 0.717) is 23.5 Å². The Bertz CT molecular complexity index is 1170. The van der Waals surface area contributed by atoms with E-state index in [2.05, 4.69) is 48.9 Å². The van der Waals surface area contributed by atoms with Crippen LogP contribution in [0, 0.1) is 3.57 Å². The number of aliphatic hydroxyl groups is 1. The minimum absolute atomic E-state index is 0.0896. The molecule has 2 saturated heterocycles. The number of fused-ring (bicyclic) bond motifs is 2. The summed E-state index contributed by atoms with van der Waals surface area (Å²) < 4.78 is 21.4. The molecule has 4 atom stereocenters. The highest BCUT2D eigenvalue weighted by Gasteiger charge is 2.64. The quantitative estimate of drug-likeness (QED) is 0.354. The molecule has 9 nitrogen and oxygen atoms in total. The summed E-state index contributed by atoms with van der Waals surface area (Å²) in [7, 11) is 0. The molecule has 170 valence electrons. The molecule has 5 rings (SSSR count). The van der Waals surface area contributed by atoms with E-state index in [-0.39, 0.29) is 11.9 Å². The van der Waals surface area contributed by atoms with E-state index in [1.54, 1.807) is 10.9 Å². The average molecular weight is 572 g/mol. The monoisotopic (exact) mass is 571 g/mol. The SMILES string of the molecule is CC1(C)O[C@@H]2[C@@H](CO)O[C@@H](n3cnc4c(NCc5cccc(I)c5)nc(Cl)nc43)[C@]2(C)O1. The normalized spacial score (nSPS) is 28.9. The Labute approximate surface area is 203 Å². The van der Waals surface area contributed by atoms with Gasteiger partial charge in [0.25, 0.3) is 0 Å². The van der Waals surface area contributed by atoms with Crippen molar-refractivity contribution in [2.75, 3.05) is 11.9 Å². The Morgan fingerprint density at radius 1 is 1.28 bits per heavy atom. The highest BCUT2D eigenvalue weighted by molar-refractivity contribution is 14.1. The molecule has 2 N–H and O–H groups in total. The Morgan fingerprint density at radius 3 is 2.84 bits per heavy atom. The Balaban J connectivity index is 1.51. The first-order chi connectivity index (χ1) is 15.2. The molecule has 2 aliphatic rings. The average Bonchev–Trinajstić information content (AvgIpc) is 3.32. The molecule has 2 aliphatic heterocycles. The van der Waals surface area contributed by atoms with Gasteiger partial charge in [-0.15, -0.1) is 0 Å². The van der Waals surface area contributed by atoms with Crippen LogP contribution in [-0.4, -0.2) is 54.8 Å². The summed E-state index contributed by atoms with van der Waals surface area (Å²) in [6.07, 6.45) is 0.0271. The minimum atomic E-state index is -0.851.